The minimum Gasteiger partial charge on any atom is -0.315 e. The van der Waals surface area contributed by atoms with Crippen molar-refractivity contribution in [2.45, 2.75) is 6.54 Å². The Balaban J connectivity index is 2.02. The zero-order chi connectivity index (χ0) is 12.1. The summed E-state index contributed by atoms with van der Waals surface area (Å²) in [5.41, 5.74) is 4.86. The zero-order valence-electron chi connectivity index (χ0n) is 10.2. The van der Waals surface area contributed by atoms with Crippen molar-refractivity contribution >= 4 is 22.7 Å². The van der Waals surface area contributed by atoms with E-state index in [1.807, 2.05) is 6.07 Å². The lowest BCUT2D eigenvalue weighted by Crippen LogP contribution is -2.22. The topological polar surface area (TPSA) is 21.1 Å². The van der Waals surface area contributed by atoms with Gasteiger partial charge in [0.25, 0.3) is 0 Å². The number of benzene rings is 2. The fourth-order valence-corrected chi connectivity index (χ4v) is 2.72. The summed E-state index contributed by atoms with van der Waals surface area (Å²) in [7, 11) is 2.08. The fraction of sp³-hybridized carbons (Fsp3) is 0.133. The number of fused-ring (bicyclic) bond motifs is 4. The molecule has 0 radical (unpaired) electrons. The third kappa shape index (κ3) is 1.16. The van der Waals surface area contributed by atoms with Gasteiger partial charge in [-0.05, 0) is 23.8 Å². The van der Waals surface area contributed by atoms with E-state index in [9.17, 15) is 0 Å². The molecule has 2 aromatic carbocycles. The van der Waals surface area contributed by atoms with Crippen molar-refractivity contribution in [3.8, 4) is 0 Å². The Morgan fingerprint density at radius 1 is 1.00 bits per heavy atom. The summed E-state index contributed by atoms with van der Waals surface area (Å²) in [6.45, 7) is 0.899. The zero-order valence-corrected chi connectivity index (χ0v) is 10.2. The van der Waals surface area contributed by atoms with Gasteiger partial charge in [-0.3, -0.25) is 0 Å². The molecule has 4 rings (SSSR count). The van der Waals surface area contributed by atoms with Gasteiger partial charge in [0.15, 0.2) is 0 Å². The maximum atomic E-state index is 4.72. The second-order valence-corrected chi connectivity index (χ2v) is 4.67. The molecule has 0 atom stereocenters. The number of aromatic nitrogens is 2. The van der Waals surface area contributed by atoms with Crippen molar-refractivity contribution in [2.75, 3.05) is 11.9 Å². The number of hydrogen-bond donors (Lipinski definition) is 0. The summed E-state index contributed by atoms with van der Waals surface area (Å²) in [6, 6.07) is 16.8. The van der Waals surface area contributed by atoms with Gasteiger partial charge in [-0.15, -0.1) is 0 Å². The summed E-state index contributed by atoms with van der Waals surface area (Å²) >= 11 is 0. The first kappa shape index (κ1) is 9.71. The Bertz CT molecular complexity index is 742. The summed E-state index contributed by atoms with van der Waals surface area (Å²) in [5, 5.41) is 0. The molecular formula is C15H13N3. The van der Waals surface area contributed by atoms with Gasteiger partial charge >= 0.3 is 0 Å². The van der Waals surface area contributed by atoms with Crippen molar-refractivity contribution in [1.82, 2.24) is 9.55 Å². The van der Waals surface area contributed by atoms with Crippen LogP contribution in [0.4, 0.5) is 11.6 Å². The number of anilines is 2. The Hall–Kier alpha value is -2.29. The number of nitrogens with zero attached hydrogens (tertiary/aromatic N) is 3. The van der Waals surface area contributed by atoms with E-state index in [-0.39, 0.29) is 0 Å². The lowest BCUT2D eigenvalue weighted by Gasteiger charge is -2.28. The average molecular weight is 235 g/mol. The number of imidazole rings is 1. The number of rotatable bonds is 0. The van der Waals surface area contributed by atoms with Crippen LogP contribution in [0.1, 0.15) is 5.56 Å². The van der Waals surface area contributed by atoms with Crippen LogP contribution in [0.5, 0.6) is 0 Å². The largest absolute Gasteiger partial charge is 0.315 e. The van der Waals surface area contributed by atoms with Crippen LogP contribution in [0.15, 0.2) is 48.5 Å². The van der Waals surface area contributed by atoms with E-state index in [1.54, 1.807) is 0 Å². The van der Waals surface area contributed by atoms with Gasteiger partial charge in [0, 0.05) is 12.7 Å². The maximum absolute atomic E-state index is 4.72. The van der Waals surface area contributed by atoms with Crippen LogP contribution in [0, 0.1) is 0 Å². The summed E-state index contributed by atoms with van der Waals surface area (Å²) in [5.74, 6) is 1.02. The van der Waals surface area contributed by atoms with Crippen LogP contribution in [0.25, 0.3) is 11.0 Å². The van der Waals surface area contributed by atoms with E-state index >= 15 is 0 Å². The van der Waals surface area contributed by atoms with Gasteiger partial charge in [-0.25, -0.2) is 4.98 Å². The molecule has 0 aliphatic carbocycles. The number of para-hydroxylation sites is 3. The normalized spacial score (nSPS) is 13.5. The quantitative estimate of drug-likeness (QED) is 0.596. The molecule has 0 fully saturated rings. The molecule has 0 N–H and O–H groups in total. The molecule has 2 heterocycles. The van der Waals surface area contributed by atoms with Gasteiger partial charge < -0.3 is 9.47 Å². The molecule has 1 aliphatic rings. The summed E-state index contributed by atoms with van der Waals surface area (Å²) < 4.78 is 2.28. The van der Waals surface area contributed by atoms with Gasteiger partial charge in [0.1, 0.15) is 0 Å². The van der Waals surface area contributed by atoms with Crippen molar-refractivity contribution in [3.63, 3.8) is 0 Å². The Morgan fingerprint density at radius 2 is 1.78 bits per heavy atom. The van der Waals surface area contributed by atoms with E-state index < -0.39 is 0 Å². The molecule has 3 heteroatoms. The third-order valence-electron chi connectivity index (χ3n) is 3.62. The Labute approximate surface area is 105 Å². The molecule has 18 heavy (non-hydrogen) atoms. The highest BCUT2D eigenvalue weighted by molar-refractivity contribution is 5.81. The minimum absolute atomic E-state index is 0.899. The molecule has 0 bridgehead atoms. The fourth-order valence-electron chi connectivity index (χ4n) is 2.72. The van der Waals surface area contributed by atoms with E-state index in [2.05, 4.69) is 59.0 Å². The first-order valence-corrected chi connectivity index (χ1v) is 6.11. The van der Waals surface area contributed by atoms with Crippen LogP contribution in [-0.4, -0.2) is 16.6 Å². The van der Waals surface area contributed by atoms with Gasteiger partial charge in [-0.2, -0.15) is 0 Å². The van der Waals surface area contributed by atoms with E-state index in [4.69, 9.17) is 4.98 Å². The Kier molecular flexibility index (Phi) is 1.81. The molecule has 0 spiro atoms. The predicted molar refractivity (Wildman–Crippen MR) is 73.3 cm³/mol. The molecule has 0 saturated carbocycles. The Morgan fingerprint density at radius 3 is 2.72 bits per heavy atom. The van der Waals surface area contributed by atoms with E-state index in [0.29, 0.717) is 0 Å². The summed E-state index contributed by atoms with van der Waals surface area (Å²) in [4.78, 5) is 6.89. The van der Waals surface area contributed by atoms with Crippen LogP contribution >= 0.6 is 0 Å². The molecule has 0 unspecified atom stereocenters. The molecule has 1 aromatic heterocycles. The van der Waals surface area contributed by atoms with Crippen LogP contribution < -0.4 is 4.90 Å². The minimum atomic E-state index is 0.899. The third-order valence-corrected chi connectivity index (χ3v) is 3.62. The van der Waals surface area contributed by atoms with Crippen molar-refractivity contribution in [3.05, 3.63) is 54.1 Å². The second-order valence-electron chi connectivity index (χ2n) is 4.67. The van der Waals surface area contributed by atoms with E-state index in [0.717, 1.165) is 18.0 Å². The van der Waals surface area contributed by atoms with Gasteiger partial charge in [-0.1, -0.05) is 30.3 Å². The lowest BCUT2D eigenvalue weighted by atomic mass is 10.1. The molecule has 1 aliphatic heterocycles. The standard InChI is InChI=1S/C15H13N3/c1-17-13-8-4-2-6-11(13)10-18-14-9-5-3-7-12(14)16-15(17)18/h2-9H,10H2,1H3. The van der Waals surface area contributed by atoms with Crippen LogP contribution in [-0.2, 0) is 6.54 Å². The molecule has 0 saturated heterocycles. The lowest BCUT2D eigenvalue weighted by molar-refractivity contribution is 0.779. The van der Waals surface area contributed by atoms with Crippen molar-refractivity contribution in [1.29, 1.82) is 0 Å². The van der Waals surface area contributed by atoms with Crippen LogP contribution in [0.3, 0.4) is 0 Å². The second kappa shape index (κ2) is 3.35. The van der Waals surface area contributed by atoms with Crippen molar-refractivity contribution in [2.24, 2.45) is 0 Å². The molecule has 3 aromatic rings. The maximum Gasteiger partial charge on any atom is 0.211 e. The van der Waals surface area contributed by atoms with Gasteiger partial charge in [0.2, 0.25) is 5.95 Å². The van der Waals surface area contributed by atoms with Crippen LogP contribution in [0.2, 0.25) is 0 Å². The number of hydrogen-bond acceptors (Lipinski definition) is 2. The highest BCUT2D eigenvalue weighted by Gasteiger charge is 2.22. The molecule has 88 valence electrons. The monoisotopic (exact) mass is 235 g/mol. The highest BCUT2D eigenvalue weighted by atomic mass is 15.3. The SMILES string of the molecule is CN1c2ccccc2Cn2c1nc1ccccc12. The predicted octanol–water partition coefficient (Wildman–Crippen LogP) is 3.17. The average Bonchev–Trinajstić information content (AvgIpc) is 2.79. The first-order chi connectivity index (χ1) is 8.84. The molecule has 0 amide bonds. The van der Waals surface area contributed by atoms with Gasteiger partial charge in [0.05, 0.1) is 17.6 Å². The molecular weight excluding hydrogens is 222 g/mol. The highest BCUT2D eigenvalue weighted by Crippen LogP contribution is 2.35. The first-order valence-electron chi connectivity index (χ1n) is 6.11. The molecule has 3 nitrogen and oxygen atoms in total. The van der Waals surface area contributed by atoms with E-state index in [1.165, 1.54) is 16.8 Å². The smallest absolute Gasteiger partial charge is 0.211 e. The van der Waals surface area contributed by atoms with Crippen molar-refractivity contribution < 1.29 is 0 Å². The summed E-state index contributed by atoms with van der Waals surface area (Å²) in [6.07, 6.45) is 0.